The summed E-state index contributed by atoms with van der Waals surface area (Å²) in [4.78, 5) is 14.6. The van der Waals surface area contributed by atoms with Crippen molar-refractivity contribution in [3.63, 3.8) is 0 Å². The second-order valence-corrected chi connectivity index (χ2v) is 8.58. The topological polar surface area (TPSA) is 75.7 Å². The molecule has 0 saturated heterocycles. The van der Waals surface area contributed by atoms with Gasteiger partial charge in [-0.2, -0.15) is 0 Å². The van der Waals surface area contributed by atoms with Crippen LogP contribution in [0.2, 0.25) is 0 Å². The predicted octanol–water partition coefficient (Wildman–Crippen LogP) is 3.46. The maximum atomic E-state index is 13.0. The van der Waals surface area contributed by atoms with E-state index in [2.05, 4.69) is 11.6 Å². The van der Waals surface area contributed by atoms with Gasteiger partial charge in [0, 0.05) is 11.8 Å². The highest BCUT2D eigenvalue weighted by Gasteiger charge is 2.41. The standard InChI is InChI=1S/C19H22N2O4S/c1-5-13-6-9-15(10-7-13)21-16-11-8-14(20-26(4,23)24)12-17(16)25-19(2,3)18(21)22/h6-12,20H,5H2,1-4H3. The summed E-state index contributed by atoms with van der Waals surface area (Å²) in [5.74, 6) is 0.265. The van der Waals surface area contributed by atoms with Crippen molar-refractivity contribution < 1.29 is 17.9 Å². The van der Waals surface area contributed by atoms with Gasteiger partial charge in [0.1, 0.15) is 5.75 Å². The number of carbonyl (C=O) groups excluding carboxylic acids is 1. The van der Waals surface area contributed by atoms with E-state index in [0.29, 0.717) is 17.1 Å². The number of hydrogen-bond acceptors (Lipinski definition) is 4. The monoisotopic (exact) mass is 374 g/mol. The van der Waals surface area contributed by atoms with Crippen molar-refractivity contribution >= 4 is 33.0 Å². The van der Waals surface area contributed by atoms with E-state index < -0.39 is 15.6 Å². The molecule has 0 fully saturated rings. The quantitative estimate of drug-likeness (QED) is 0.889. The summed E-state index contributed by atoms with van der Waals surface area (Å²) in [6.07, 6.45) is 2.00. The average molecular weight is 374 g/mol. The number of carbonyl (C=O) groups is 1. The van der Waals surface area contributed by atoms with E-state index in [1.54, 1.807) is 36.9 Å². The Bertz CT molecular complexity index is 950. The molecule has 1 aliphatic heterocycles. The molecule has 1 amide bonds. The van der Waals surface area contributed by atoms with E-state index in [4.69, 9.17) is 4.74 Å². The molecule has 1 heterocycles. The summed E-state index contributed by atoms with van der Waals surface area (Å²) >= 11 is 0. The molecule has 26 heavy (non-hydrogen) atoms. The Morgan fingerprint density at radius 2 is 1.77 bits per heavy atom. The number of nitrogens with one attached hydrogen (secondary N) is 1. The fourth-order valence-corrected chi connectivity index (χ4v) is 3.45. The first-order chi connectivity index (χ1) is 12.1. The van der Waals surface area contributed by atoms with Crippen molar-refractivity contribution in [3.8, 4) is 5.75 Å². The van der Waals surface area contributed by atoms with E-state index in [0.717, 1.165) is 18.4 Å². The van der Waals surface area contributed by atoms with Crippen LogP contribution in [0.4, 0.5) is 17.1 Å². The molecule has 0 atom stereocenters. The second kappa shape index (κ2) is 6.32. The maximum absolute atomic E-state index is 13.0. The molecular formula is C19H22N2O4S. The number of amides is 1. The molecule has 0 bridgehead atoms. The van der Waals surface area contributed by atoms with Crippen molar-refractivity contribution in [2.24, 2.45) is 0 Å². The van der Waals surface area contributed by atoms with Crippen LogP contribution in [-0.4, -0.2) is 26.2 Å². The summed E-state index contributed by atoms with van der Waals surface area (Å²) in [5.41, 5.74) is 1.82. The van der Waals surface area contributed by atoms with Gasteiger partial charge in [-0.1, -0.05) is 19.1 Å². The fraction of sp³-hybridized carbons (Fsp3) is 0.316. The molecule has 138 valence electrons. The minimum Gasteiger partial charge on any atom is -0.476 e. The molecule has 0 radical (unpaired) electrons. The van der Waals surface area contributed by atoms with Crippen molar-refractivity contribution in [2.75, 3.05) is 15.9 Å². The molecule has 0 spiro atoms. The summed E-state index contributed by atoms with van der Waals surface area (Å²) < 4.78 is 31.2. The van der Waals surface area contributed by atoms with Crippen LogP contribution >= 0.6 is 0 Å². The van der Waals surface area contributed by atoms with Crippen molar-refractivity contribution in [2.45, 2.75) is 32.8 Å². The van der Waals surface area contributed by atoms with Gasteiger partial charge in [0.2, 0.25) is 10.0 Å². The first kappa shape index (κ1) is 18.3. The second-order valence-electron chi connectivity index (χ2n) is 6.83. The zero-order valence-corrected chi connectivity index (χ0v) is 16.1. The molecule has 1 N–H and O–H groups in total. The Balaban J connectivity index is 2.09. The van der Waals surface area contributed by atoms with Gasteiger partial charge in [-0.05, 0) is 50.1 Å². The highest BCUT2D eigenvalue weighted by atomic mass is 32.2. The van der Waals surface area contributed by atoms with Crippen LogP contribution in [0.3, 0.4) is 0 Å². The Hall–Kier alpha value is -2.54. The minimum atomic E-state index is -3.40. The van der Waals surface area contributed by atoms with E-state index in [9.17, 15) is 13.2 Å². The van der Waals surface area contributed by atoms with E-state index in [-0.39, 0.29) is 5.91 Å². The van der Waals surface area contributed by atoms with Crippen molar-refractivity contribution in [3.05, 3.63) is 48.0 Å². The Labute approximate surface area is 153 Å². The number of sulfonamides is 1. The zero-order valence-electron chi connectivity index (χ0n) is 15.2. The largest absolute Gasteiger partial charge is 0.476 e. The van der Waals surface area contributed by atoms with E-state index in [1.807, 2.05) is 24.3 Å². The number of nitrogens with zero attached hydrogens (tertiary/aromatic N) is 1. The van der Waals surface area contributed by atoms with Gasteiger partial charge in [-0.15, -0.1) is 0 Å². The smallest absolute Gasteiger partial charge is 0.275 e. The van der Waals surface area contributed by atoms with Crippen LogP contribution in [0.25, 0.3) is 0 Å². The minimum absolute atomic E-state index is 0.182. The van der Waals surface area contributed by atoms with Gasteiger partial charge >= 0.3 is 0 Å². The van der Waals surface area contributed by atoms with Crippen LogP contribution < -0.4 is 14.4 Å². The molecule has 0 aliphatic carbocycles. The lowest BCUT2D eigenvalue weighted by atomic mass is 10.0. The van der Waals surface area contributed by atoms with Gasteiger partial charge in [0.25, 0.3) is 5.91 Å². The summed E-state index contributed by atoms with van der Waals surface area (Å²) in [6.45, 7) is 5.47. The molecule has 7 heteroatoms. The maximum Gasteiger partial charge on any atom is 0.275 e. The van der Waals surface area contributed by atoms with Crippen LogP contribution in [0.5, 0.6) is 5.75 Å². The van der Waals surface area contributed by atoms with Gasteiger partial charge in [-0.25, -0.2) is 8.42 Å². The van der Waals surface area contributed by atoms with E-state index in [1.165, 1.54) is 5.56 Å². The molecule has 0 saturated carbocycles. The van der Waals surface area contributed by atoms with Crippen LogP contribution in [0.15, 0.2) is 42.5 Å². The predicted molar refractivity (Wildman–Crippen MR) is 103 cm³/mol. The summed E-state index contributed by atoms with van der Waals surface area (Å²) in [7, 11) is -3.40. The third-order valence-corrected chi connectivity index (χ3v) is 4.80. The number of fused-ring (bicyclic) bond motifs is 1. The van der Waals surface area contributed by atoms with Gasteiger partial charge in [0.05, 0.1) is 17.6 Å². The molecule has 6 nitrogen and oxygen atoms in total. The normalized spacial score (nSPS) is 16.0. The molecule has 3 rings (SSSR count). The number of benzene rings is 2. The number of anilines is 3. The van der Waals surface area contributed by atoms with E-state index >= 15 is 0 Å². The zero-order chi connectivity index (χ0) is 19.1. The number of hydrogen-bond donors (Lipinski definition) is 1. The summed E-state index contributed by atoms with van der Waals surface area (Å²) in [6, 6.07) is 12.7. The van der Waals surface area contributed by atoms with Gasteiger partial charge < -0.3 is 4.74 Å². The first-order valence-electron chi connectivity index (χ1n) is 8.35. The highest BCUT2D eigenvalue weighted by Crippen LogP contribution is 2.43. The Morgan fingerprint density at radius 1 is 1.12 bits per heavy atom. The fourth-order valence-electron chi connectivity index (χ4n) is 2.89. The van der Waals surface area contributed by atoms with Crippen molar-refractivity contribution in [1.82, 2.24) is 0 Å². The number of aryl methyl sites for hydroxylation is 1. The molecular weight excluding hydrogens is 352 g/mol. The molecule has 2 aromatic carbocycles. The molecule has 0 aromatic heterocycles. The number of rotatable bonds is 4. The lowest BCUT2D eigenvalue weighted by molar-refractivity contribution is -0.131. The summed E-state index contributed by atoms with van der Waals surface area (Å²) in [5, 5.41) is 0. The lowest BCUT2D eigenvalue weighted by Crippen LogP contribution is -2.50. The van der Waals surface area contributed by atoms with Crippen molar-refractivity contribution in [1.29, 1.82) is 0 Å². The molecule has 0 unspecified atom stereocenters. The van der Waals surface area contributed by atoms with Gasteiger partial charge in [0.15, 0.2) is 5.60 Å². The SMILES string of the molecule is CCc1ccc(N2C(=O)C(C)(C)Oc3cc(NS(C)(=O)=O)ccc32)cc1. The van der Waals surface area contributed by atoms with Crippen LogP contribution in [0.1, 0.15) is 26.3 Å². The van der Waals surface area contributed by atoms with Gasteiger partial charge in [-0.3, -0.25) is 14.4 Å². The number of ether oxygens (including phenoxy) is 1. The van der Waals surface area contributed by atoms with Crippen LogP contribution in [0, 0.1) is 0 Å². The van der Waals surface area contributed by atoms with Crippen LogP contribution in [-0.2, 0) is 21.2 Å². The highest BCUT2D eigenvalue weighted by molar-refractivity contribution is 7.92. The third-order valence-electron chi connectivity index (χ3n) is 4.19. The lowest BCUT2D eigenvalue weighted by Gasteiger charge is -2.39. The average Bonchev–Trinajstić information content (AvgIpc) is 2.55. The Kier molecular flexibility index (Phi) is 4.44. The molecule has 1 aliphatic rings. The first-order valence-corrected chi connectivity index (χ1v) is 10.2. The molecule has 2 aromatic rings. The Morgan fingerprint density at radius 3 is 2.35 bits per heavy atom. The third kappa shape index (κ3) is 3.53.